The molecule has 1 N–H and O–H groups in total. The molecule has 1 amide bonds. The van der Waals surface area contributed by atoms with Crippen LogP contribution in [0.3, 0.4) is 0 Å². The average molecular weight is 373 g/mol. The molecule has 2 aromatic rings. The van der Waals surface area contributed by atoms with Crippen molar-refractivity contribution in [1.82, 2.24) is 0 Å². The number of rotatable bonds is 4. The van der Waals surface area contributed by atoms with Gasteiger partial charge >= 0.3 is 0 Å². The van der Waals surface area contributed by atoms with E-state index in [-0.39, 0.29) is 11.7 Å². The molecule has 1 aliphatic rings. The lowest BCUT2D eigenvalue weighted by atomic mass is 10.1. The largest absolute Gasteiger partial charge is 0.508 e. The van der Waals surface area contributed by atoms with Crippen LogP contribution in [0.1, 0.15) is 5.56 Å². The van der Waals surface area contributed by atoms with Crippen molar-refractivity contribution in [2.24, 2.45) is 0 Å². The van der Waals surface area contributed by atoms with E-state index < -0.39 is 0 Å². The Hall–Kier alpha value is -2.51. The molecule has 5 nitrogen and oxygen atoms in total. The number of phenolic OH excluding ortho intramolecular Hbond substituents is 1. The van der Waals surface area contributed by atoms with Crippen molar-refractivity contribution in [3.63, 3.8) is 0 Å². The van der Waals surface area contributed by atoms with Gasteiger partial charge in [-0.25, -0.2) is 0 Å². The van der Waals surface area contributed by atoms with Crippen LogP contribution in [0.15, 0.2) is 47.4 Å². The minimum atomic E-state index is -0.238. The Bertz CT molecular complexity index is 879. The van der Waals surface area contributed by atoms with Crippen LogP contribution in [0.2, 0.25) is 0 Å². The number of methoxy groups -OCH3 is 2. The van der Waals surface area contributed by atoms with Crippen molar-refractivity contribution >= 4 is 46.0 Å². The van der Waals surface area contributed by atoms with Crippen molar-refractivity contribution in [2.45, 2.75) is 0 Å². The van der Waals surface area contributed by atoms with Crippen molar-refractivity contribution in [2.75, 3.05) is 19.1 Å². The lowest BCUT2D eigenvalue weighted by Gasteiger charge is -2.14. The van der Waals surface area contributed by atoms with E-state index in [0.717, 1.165) is 5.56 Å². The predicted molar refractivity (Wildman–Crippen MR) is 103 cm³/mol. The van der Waals surface area contributed by atoms with Crippen LogP contribution in [-0.4, -0.2) is 29.6 Å². The number of nitrogens with zero attached hydrogens (tertiary/aromatic N) is 1. The summed E-state index contributed by atoms with van der Waals surface area (Å²) in [5, 5.41) is 9.63. The average Bonchev–Trinajstić information content (AvgIpc) is 2.88. The molecule has 2 aromatic carbocycles. The Balaban J connectivity index is 1.96. The number of benzene rings is 2. The van der Waals surface area contributed by atoms with Gasteiger partial charge in [-0.15, -0.1) is 0 Å². The number of aromatic hydroxyl groups is 1. The maximum Gasteiger partial charge on any atom is 0.270 e. The summed E-state index contributed by atoms with van der Waals surface area (Å²) in [7, 11) is 3.14. The van der Waals surface area contributed by atoms with Crippen LogP contribution < -0.4 is 14.4 Å². The van der Waals surface area contributed by atoms with Gasteiger partial charge in [0.2, 0.25) is 0 Å². The first-order chi connectivity index (χ1) is 12.0. The van der Waals surface area contributed by atoms with Gasteiger partial charge < -0.3 is 14.6 Å². The van der Waals surface area contributed by atoms with Crippen LogP contribution in [0, 0.1) is 0 Å². The summed E-state index contributed by atoms with van der Waals surface area (Å²) in [4.78, 5) is 14.6. The normalized spacial score (nSPS) is 15.8. The van der Waals surface area contributed by atoms with Gasteiger partial charge in [-0.2, -0.15) is 0 Å². The number of thiocarbonyl (C=S) groups is 1. The fourth-order valence-corrected chi connectivity index (χ4v) is 3.69. The van der Waals surface area contributed by atoms with E-state index in [1.54, 1.807) is 50.6 Å². The summed E-state index contributed by atoms with van der Waals surface area (Å²) in [6.45, 7) is 0. The lowest BCUT2D eigenvalue weighted by molar-refractivity contribution is -0.113. The quantitative estimate of drug-likeness (QED) is 0.650. The number of phenols is 1. The van der Waals surface area contributed by atoms with Gasteiger partial charge in [0.05, 0.1) is 24.8 Å². The molecule has 1 aliphatic heterocycles. The van der Waals surface area contributed by atoms with Gasteiger partial charge in [0, 0.05) is 17.7 Å². The molecule has 3 rings (SSSR count). The number of thioether (sulfide) groups is 1. The molecule has 0 unspecified atom stereocenters. The van der Waals surface area contributed by atoms with Crippen LogP contribution in [0.25, 0.3) is 6.08 Å². The van der Waals surface area contributed by atoms with Gasteiger partial charge in [-0.05, 0) is 30.3 Å². The zero-order chi connectivity index (χ0) is 18.0. The molecule has 7 heteroatoms. The molecule has 0 radical (unpaired) electrons. The van der Waals surface area contributed by atoms with Crippen molar-refractivity contribution in [1.29, 1.82) is 0 Å². The molecule has 0 atom stereocenters. The lowest BCUT2D eigenvalue weighted by Crippen LogP contribution is -2.27. The summed E-state index contributed by atoms with van der Waals surface area (Å²) in [6.07, 6.45) is 1.74. The van der Waals surface area contributed by atoms with Crippen LogP contribution in [0.4, 0.5) is 5.69 Å². The van der Waals surface area contributed by atoms with Crippen LogP contribution >= 0.6 is 24.0 Å². The van der Waals surface area contributed by atoms with Gasteiger partial charge in [0.25, 0.3) is 5.91 Å². The summed E-state index contributed by atoms with van der Waals surface area (Å²) >= 11 is 6.54. The Morgan fingerprint density at radius 3 is 2.64 bits per heavy atom. The van der Waals surface area contributed by atoms with E-state index >= 15 is 0 Å². The first-order valence-electron chi connectivity index (χ1n) is 7.32. The highest BCUT2D eigenvalue weighted by atomic mass is 32.2. The molecular formula is C18H15NO4S2. The van der Waals surface area contributed by atoms with Crippen LogP contribution in [-0.2, 0) is 4.79 Å². The van der Waals surface area contributed by atoms with E-state index in [4.69, 9.17) is 21.7 Å². The predicted octanol–water partition coefficient (Wildman–Crippen LogP) is 3.82. The van der Waals surface area contributed by atoms with Gasteiger partial charge in [-0.3, -0.25) is 9.69 Å². The number of amides is 1. The summed E-state index contributed by atoms with van der Waals surface area (Å²) < 4.78 is 11.0. The monoisotopic (exact) mass is 373 g/mol. The van der Waals surface area contributed by atoms with Crippen molar-refractivity contribution in [3.05, 3.63) is 52.9 Å². The Morgan fingerprint density at radius 2 is 1.96 bits per heavy atom. The fraction of sp³-hybridized carbons (Fsp3) is 0.111. The zero-order valence-corrected chi connectivity index (χ0v) is 15.2. The third-order valence-electron chi connectivity index (χ3n) is 3.61. The summed E-state index contributed by atoms with van der Waals surface area (Å²) in [6, 6.07) is 11.8. The van der Waals surface area contributed by atoms with E-state index in [9.17, 15) is 9.90 Å². The van der Waals surface area contributed by atoms with E-state index in [2.05, 4.69) is 0 Å². The third-order valence-corrected chi connectivity index (χ3v) is 4.91. The van der Waals surface area contributed by atoms with Gasteiger partial charge in [-0.1, -0.05) is 30.0 Å². The van der Waals surface area contributed by atoms with Crippen molar-refractivity contribution < 1.29 is 19.4 Å². The maximum atomic E-state index is 12.8. The molecule has 0 saturated carbocycles. The molecule has 1 heterocycles. The summed E-state index contributed by atoms with van der Waals surface area (Å²) in [5.74, 6) is 1.11. The first kappa shape index (κ1) is 17.3. The molecular weight excluding hydrogens is 358 g/mol. The van der Waals surface area contributed by atoms with Gasteiger partial charge in [0.1, 0.15) is 17.2 Å². The number of anilines is 1. The SMILES string of the molecule is COc1ccc(/C=C2/SC(=S)N(c3cccc(O)c3)C2=O)c(OC)c1. The molecule has 128 valence electrons. The minimum absolute atomic E-state index is 0.0763. The minimum Gasteiger partial charge on any atom is -0.508 e. The van der Waals surface area contributed by atoms with Crippen molar-refractivity contribution in [3.8, 4) is 17.2 Å². The van der Waals surface area contributed by atoms with Gasteiger partial charge in [0.15, 0.2) is 4.32 Å². The highest BCUT2D eigenvalue weighted by Gasteiger charge is 2.33. The number of ether oxygens (including phenoxy) is 2. The van der Waals surface area contributed by atoms with E-state index in [1.165, 1.54) is 22.7 Å². The third kappa shape index (κ3) is 3.47. The number of carbonyl (C=O) groups is 1. The molecule has 0 aliphatic carbocycles. The number of hydrogen-bond acceptors (Lipinski definition) is 6. The molecule has 1 fully saturated rings. The number of hydrogen-bond donors (Lipinski definition) is 1. The Labute approximate surface area is 154 Å². The first-order valence-corrected chi connectivity index (χ1v) is 8.55. The maximum absolute atomic E-state index is 12.8. The molecule has 0 spiro atoms. The molecule has 1 saturated heterocycles. The zero-order valence-electron chi connectivity index (χ0n) is 13.6. The fourth-order valence-electron chi connectivity index (χ4n) is 2.40. The second-order valence-electron chi connectivity index (χ2n) is 5.14. The Morgan fingerprint density at radius 1 is 1.16 bits per heavy atom. The molecule has 0 aromatic heterocycles. The van der Waals surface area contributed by atoms with E-state index in [1.807, 2.05) is 6.07 Å². The molecule has 0 bridgehead atoms. The standard InChI is InChI=1S/C18H15NO4S2/c1-22-14-7-6-11(15(10-14)23-2)8-16-17(21)19(18(24)25-16)12-4-3-5-13(20)9-12/h3-10,20H,1-2H3/b16-8+. The number of carbonyl (C=O) groups excluding carboxylic acids is 1. The second-order valence-corrected chi connectivity index (χ2v) is 6.82. The summed E-state index contributed by atoms with van der Waals surface area (Å²) in [5.41, 5.74) is 1.28. The second kappa shape index (κ2) is 7.16. The highest BCUT2D eigenvalue weighted by Crippen LogP contribution is 2.38. The van der Waals surface area contributed by atoms with E-state index in [0.29, 0.717) is 26.4 Å². The smallest absolute Gasteiger partial charge is 0.270 e. The molecule has 25 heavy (non-hydrogen) atoms. The van der Waals surface area contributed by atoms with Crippen LogP contribution in [0.5, 0.6) is 17.2 Å². The highest BCUT2D eigenvalue weighted by molar-refractivity contribution is 8.27. The Kier molecular flexibility index (Phi) is 4.96. The topological polar surface area (TPSA) is 59.0 Å².